The predicted octanol–water partition coefficient (Wildman–Crippen LogP) is 8.77. The molecular weight excluding hydrogens is 484 g/mol. The summed E-state index contributed by atoms with van der Waals surface area (Å²) in [5.74, 6) is 0. The molecule has 0 unspecified atom stereocenters. The maximum absolute atomic E-state index is 4.70. The molecule has 4 aromatic heterocycles. The smallest absolute Gasteiger partial charge is 0.116 e. The van der Waals surface area contributed by atoms with E-state index >= 15 is 0 Å². The molecule has 38 heavy (non-hydrogen) atoms. The zero-order valence-electron chi connectivity index (χ0n) is 20.3. The average Bonchev–Trinajstić information content (AvgIpc) is 3.66. The van der Waals surface area contributed by atoms with Gasteiger partial charge in [-0.3, -0.25) is 0 Å². The van der Waals surface area contributed by atoms with E-state index < -0.39 is 0 Å². The van der Waals surface area contributed by atoms with Crippen LogP contribution >= 0.6 is 11.3 Å². The Kier molecular flexibility index (Phi) is 4.51. The van der Waals surface area contributed by atoms with Crippen molar-refractivity contribution in [3.05, 3.63) is 115 Å². The Hall–Kier alpha value is -4.87. The fourth-order valence-electron chi connectivity index (χ4n) is 5.70. The Morgan fingerprint density at radius 3 is 2.55 bits per heavy atom. The van der Waals surface area contributed by atoms with Crippen molar-refractivity contribution in [2.75, 3.05) is 0 Å². The highest BCUT2D eigenvalue weighted by Crippen LogP contribution is 2.44. The molecule has 5 heteroatoms. The van der Waals surface area contributed by atoms with E-state index in [9.17, 15) is 0 Å². The molecular formula is C33H20N4S. The molecule has 8 aromatic rings. The van der Waals surface area contributed by atoms with Crippen LogP contribution in [0.1, 0.15) is 5.69 Å². The lowest BCUT2D eigenvalue weighted by Crippen LogP contribution is -1.89. The molecule has 4 nitrogen and oxygen atoms in total. The summed E-state index contributed by atoms with van der Waals surface area (Å²) < 4.78 is 3.67. The van der Waals surface area contributed by atoms with Crippen molar-refractivity contribution in [1.82, 2.24) is 19.4 Å². The third-order valence-corrected chi connectivity index (χ3v) is 8.20. The molecule has 0 aliphatic rings. The van der Waals surface area contributed by atoms with Gasteiger partial charge in [-0.1, -0.05) is 61.2 Å². The van der Waals surface area contributed by atoms with Gasteiger partial charge in [-0.25, -0.2) is 15.0 Å². The highest BCUT2D eigenvalue weighted by Gasteiger charge is 2.21. The first-order valence-corrected chi connectivity index (χ1v) is 13.3. The molecule has 4 aromatic carbocycles. The van der Waals surface area contributed by atoms with E-state index in [1.165, 1.54) is 48.4 Å². The van der Waals surface area contributed by atoms with Crippen LogP contribution < -0.4 is 0 Å². The van der Waals surface area contributed by atoms with Crippen LogP contribution in [0.25, 0.3) is 76.8 Å². The number of hydrogen-bond donors (Lipinski definition) is 0. The minimum atomic E-state index is 0.855. The Bertz CT molecular complexity index is 2220. The summed E-state index contributed by atoms with van der Waals surface area (Å²) in [6.45, 7) is 3.74. The normalized spacial score (nSPS) is 12.2. The fourth-order valence-corrected chi connectivity index (χ4v) is 6.53. The molecule has 0 spiro atoms. The quantitative estimate of drug-likeness (QED) is 0.225. The minimum absolute atomic E-state index is 0.855. The van der Waals surface area contributed by atoms with E-state index in [1.807, 2.05) is 23.7 Å². The van der Waals surface area contributed by atoms with Gasteiger partial charge in [-0.2, -0.15) is 0 Å². The second kappa shape index (κ2) is 8.07. The lowest BCUT2D eigenvalue weighted by molar-refractivity contribution is 1.16. The van der Waals surface area contributed by atoms with Gasteiger partial charge in [0.2, 0.25) is 0 Å². The van der Waals surface area contributed by atoms with Crippen molar-refractivity contribution in [2.45, 2.75) is 0 Å². The standard InChI is InChI=1S/C33H20N4S/c1-2-3-9-23-16-27(35-18-34-23)22-8-6-7-20(14-22)21-12-13-30-26(15-21)31-32-25(17-28-33(31)38-19-36-28)24-10-4-5-11-29(24)37(30)32/h2-19H,1H2/b9-3-. The maximum atomic E-state index is 4.70. The maximum Gasteiger partial charge on any atom is 0.116 e. The zero-order valence-corrected chi connectivity index (χ0v) is 21.1. The van der Waals surface area contributed by atoms with E-state index in [4.69, 9.17) is 4.98 Å². The van der Waals surface area contributed by atoms with E-state index in [0.29, 0.717) is 0 Å². The van der Waals surface area contributed by atoms with Crippen LogP contribution in [0.15, 0.2) is 109 Å². The van der Waals surface area contributed by atoms with Crippen molar-refractivity contribution in [3.63, 3.8) is 0 Å². The molecule has 0 fully saturated rings. The number of rotatable bonds is 4. The monoisotopic (exact) mass is 504 g/mol. The van der Waals surface area contributed by atoms with Crippen molar-refractivity contribution in [1.29, 1.82) is 0 Å². The first kappa shape index (κ1) is 21.2. The second-order valence-electron chi connectivity index (χ2n) is 9.44. The van der Waals surface area contributed by atoms with Crippen LogP contribution in [0.3, 0.4) is 0 Å². The third kappa shape index (κ3) is 3.00. The topological polar surface area (TPSA) is 43.1 Å². The predicted molar refractivity (Wildman–Crippen MR) is 160 cm³/mol. The van der Waals surface area contributed by atoms with Gasteiger partial charge in [0.05, 0.1) is 43.7 Å². The molecule has 0 atom stereocenters. The molecule has 0 saturated heterocycles. The number of thiazole rings is 1. The number of hydrogen-bond acceptors (Lipinski definition) is 4. The minimum Gasteiger partial charge on any atom is -0.308 e. The lowest BCUT2D eigenvalue weighted by Gasteiger charge is -2.07. The van der Waals surface area contributed by atoms with Gasteiger partial charge in [0.1, 0.15) is 6.33 Å². The molecule has 8 rings (SSSR count). The number of allylic oxidation sites excluding steroid dienone is 2. The number of fused-ring (bicyclic) bond motifs is 8. The highest BCUT2D eigenvalue weighted by molar-refractivity contribution is 7.18. The van der Waals surface area contributed by atoms with E-state index in [0.717, 1.165) is 28.0 Å². The molecule has 0 saturated carbocycles. The molecule has 0 N–H and O–H groups in total. The Morgan fingerprint density at radius 2 is 1.61 bits per heavy atom. The molecule has 0 bridgehead atoms. The van der Waals surface area contributed by atoms with Crippen molar-refractivity contribution >= 4 is 65.7 Å². The fraction of sp³-hybridized carbons (Fsp3) is 0. The van der Waals surface area contributed by atoms with E-state index in [2.05, 4.69) is 93.7 Å². The van der Waals surface area contributed by atoms with Crippen LogP contribution in [0.4, 0.5) is 0 Å². The van der Waals surface area contributed by atoms with Gasteiger partial charge in [0.25, 0.3) is 0 Å². The van der Waals surface area contributed by atoms with Crippen LogP contribution in [0.5, 0.6) is 0 Å². The molecule has 0 radical (unpaired) electrons. The van der Waals surface area contributed by atoms with Crippen molar-refractivity contribution < 1.29 is 0 Å². The van der Waals surface area contributed by atoms with Gasteiger partial charge in [-0.15, -0.1) is 11.3 Å². The molecule has 4 heterocycles. The van der Waals surface area contributed by atoms with E-state index in [1.54, 1.807) is 23.7 Å². The molecule has 0 amide bonds. The summed E-state index contributed by atoms with van der Waals surface area (Å²) in [5, 5.41) is 5.08. The van der Waals surface area contributed by atoms with Gasteiger partial charge in [0.15, 0.2) is 0 Å². The summed E-state index contributed by atoms with van der Waals surface area (Å²) in [6, 6.07) is 28.3. The molecule has 0 aliphatic carbocycles. The van der Waals surface area contributed by atoms with Gasteiger partial charge >= 0.3 is 0 Å². The first-order chi connectivity index (χ1) is 18.8. The zero-order chi connectivity index (χ0) is 25.2. The Balaban J connectivity index is 1.36. The summed E-state index contributed by atoms with van der Waals surface area (Å²) in [5.41, 5.74) is 11.9. The van der Waals surface area contributed by atoms with Crippen LogP contribution in [-0.4, -0.2) is 19.4 Å². The van der Waals surface area contributed by atoms with Crippen LogP contribution in [0.2, 0.25) is 0 Å². The van der Waals surface area contributed by atoms with Gasteiger partial charge in [0, 0.05) is 27.1 Å². The summed E-state index contributed by atoms with van der Waals surface area (Å²) in [6.07, 6.45) is 7.17. The summed E-state index contributed by atoms with van der Waals surface area (Å²) in [7, 11) is 0. The molecule has 0 aliphatic heterocycles. The largest absolute Gasteiger partial charge is 0.308 e. The third-order valence-electron chi connectivity index (χ3n) is 7.34. The highest BCUT2D eigenvalue weighted by atomic mass is 32.1. The van der Waals surface area contributed by atoms with Crippen molar-refractivity contribution in [3.8, 4) is 22.4 Å². The van der Waals surface area contributed by atoms with Crippen LogP contribution in [-0.2, 0) is 0 Å². The number of para-hydroxylation sites is 1. The lowest BCUT2D eigenvalue weighted by atomic mass is 9.99. The van der Waals surface area contributed by atoms with E-state index in [-0.39, 0.29) is 0 Å². The Morgan fingerprint density at radius 1 is 0.737 bits per heavy atom. The second-order valence-corrected chi connectivity index (χ2v) is 10.3. The van der Waals surface area contributed by atoms with Gasteiger partial charge < -0.3 is 4.40 Å². The van der Waals surface area contributed by atoms with Crippen LogP contribution in [0, 0.1) is 0 Å². The average molecular weight is 505 g/mol. The summed E-state index contributed by atoms with van der Waals surface area (Å²) in [4.78, 5) is 13.6. The number of aromatic nitrogens is 4. The van der Waals surface area contributed by atoms with Gasteiger partial charge in [-0.05, 0) is 53.6 Å². The number of benzene rings is 4. The SMILES string of the molecule is C=C/C=C\c1cc(-c2cccc(-c3ccc4c(c3)c3c5scnc5cc5c6ccccc6n4c53)c2)ncn1. The number of nitrogens with zero attached hydrogens (tertiary/aromatic N) is 4. The summed E-state index contributed by atoms with van der Waals surface area (Å²) >= 11 is 1.72. The molecule has 178 valence electrons. The Labute approximate surface area is 222 Å². The van der Waals surface area contributed by atoms with Crippen molar-refractivity contribution in [2.24, 2.45) is 0 Å². The first-order valence-electron chi connectivity index (χ1n) is 12.5.